The summed E-state index contributed by atoms with van der Waals surface area (Å²) in [6.07, 6.45) is 2.97. The van der Waals surface area contributed by atoms with E-state index in [0.29, 0.717) is 11.8 Å². The van der Waals surface area contributed by atoms with Crippen LogP contribution >= 0.6 is 0 Å². The lowest BCUT2D eigenvalue weighted by Gasteiger charge is -2.44. The smallest absolute Gasteiger partial charge is 0.407 e. The number of carbonyl (C=O) groups is 1. The molecule has 1 aliphatic carbocycles. The highest BCUT2D eigenvalue weighted by atomic mass is 16.6. The summed E-state index contributed by atoms with van der Waals surface area (Å²) in [5, 5.41) is 3.23. The molecule has 5 nitrogen and oxygen atoms in total. The van der Waals surface area contributed by atoms with Crippen LogP contribution in [0.1, 0.15) is 57.7 Å². The highest BCUT2D eigenvalue weighted by Gasteiger charge is 2.42. The van der Waals surface area contributed by atoms with E-state index in [9.17, 15) is 4.79 Å². The average molecular weight is 463 g/mol. The van der Waals surface area contributed by atoms with E-state index in [0.717, 1.165) is 51.3 Å². The van der Waals surface area contributed by atoms with Gasteiger partial charge in [0.25, 0.3) is 0 Å². The molecule has 1 N–H and O–H groups in total. The molecule has 4 aliphatic rings. The minimum absolute atomic E-state index is 0.0290. The van der Waals surface area contributed by atoms with E-state index >= 15 is 0 Å². The van der Waals surface area contributed by atoms with Crippen molar-refractivity contribution in [3.8, 4) is 16.9 Å². The van der Waals surface area contributed by atoms with E-state index in [1.54, 1.807) is 0 Å². The van der Waals surface area contributed by atoms with Crippen LogP contribution in [-0.2, 0) is 11.2 Å². The second kappa shape index (κ2) is 9.26. The first-order chi connectivity index (χ1) is 16.3. The van der Waals surface area contributed by atoms with E-state index in [2.05, 4.69) is 68.2 Å². The molecule has 0 spiro atoms. The average Bonchev–Trinajstić information content (AvgIpc) is 3.07. The number of ether oxygens (including phenoxy) is 2. The fourth-order valence-electron chi connectivity index (χ4n) is 5.85. The standard InChI is InChI=1S/C29H38N2O3/c1-19(2)18-33-24-8-5-20(6-9-24)22-7-10-25-23(15-22)16-29(3,4)27(25)30-28(32)34-26-17-31-13-11-21(26)12-14-31/h5-10,15,19,21,26-27H,11-14,16-18H2,1-4H3,(H,30,32)/t26-,27-/m0/s1. The Hall–Kier alpha value is -2.53. The number of hydrogen-bond donors (Lipinski definition) is 1. The van der Waals surface area contributed by atoms with Crippen LogP contribution in [0.2, 0.25) is 0 Å². The number of piperidine rings is 3. The van der Waals surface area contributed by atoms with Crippen molar-refractivity contribution in [3.63, 3.8) is 0 Å². The van der Waals surface area contributed by atoms with Gasteiger partial charge in [0.2, 0.25) is 0 Å². The summed E-state index contributed by atoms with van der Waals surface area (Å²) in [5.41, 5.74) is 4.81. The molecular formula is C29H38N2O3. The zero-order valence-corrected chi connectivity index (χ0v) is 21.0. The Morgan fingerprint density at radius 2 is 1.79 bits per heavy atom. The molecule has 2 atom stereocenters. The number of fused-ring (bicyclic) bond motifs is 4. The van der Waals surface area contributed by atoms with Gasteiger partial charge in [-0.2, -0.15) is 0 Å². The molecule has 34 heavy (non-hydrogen) atoms. The molecule has 3 heterocycles. The van der Waals surface area contributed by atoms with Crippen LogP contribution in [0.25, 0.3) is 11.1 Å². The first-order valence-electron chi connectivity index (χ1n) is 12.8. The molecule has 2 bridgehead atoms. The highest BCUT2D eigenvalue weighted by molar-refractivity contribution is 5.70. The molecule has 6 rings (SSSR count). The predicted octanol–water partition coefficient (Wildman–Crippen LogP) is 5.83. The molecule has 3 aliphatic heterocycles. The predicted molar refractivity (Wildman–Crippen MR) is 135 cm³/mol. The Morgan fingerprint density at radius 3 is 2.44 bits per heavy atom. The molecule has 3 saturated heterocycles. The highest BCUT2D eigenvalue weighted by Crippen LogP contribution is 2.46. The molecule has 0 unspecified atom stereocenters. The van der Waals surface area contributed by atoms with Crippen LogP contribution in [0.4, 0.5) is 4.79 Å². The zero-order chi connectivity index (χ0) is 23.9. The summed E-state index contributed by atoms with van der Waals surface area (Å²) in [6, 6.07) is 14.9. The van der Waals surface area contributed by atoms with Gasteiger partial charge in [-0.15, -0.1) is 0 Å². The van der Waals surface area contributed by atoms with Crippen molar-refractivity contribution < 1.29 is 14.3 Å². The third-order valence-electron chi connectivity index (χ3n) is 7.77. The first kappa shape index (κ1) is 23.2. The third-order valence-corrected chi connectivity index (χ3v) is 7.77. The Balaban J connectivity index is 1.27. The minimum Gasteiger partial charge on any atom is -0.493 e. The summed E-state index contributed by atoms with van der Waals surface area (Å²) in [5.74, 6) is 1.93. The van der Waals surface area contributed by atoms with E-state index in [1.165, 1.54) is 22.3 Å². The summed E-state index contributed by atoms with van der Waals surface area (Å²) in [7, 11) is 0. The number of alkyl carbamates (subject to hydrolysis) is 1. The lowest BCUT2D eigenvalue weighted by molar-refractivity contribution is -0.0348. The van der Waals surface area contributed by atoms with E-state index in [1.807, 2.05) is 12.1 Å². The van der Waals surface area contributed by atoms with Crippen LogP contribution in [0.5, 0.6) is 5.75 Å². The van der Waals surface area contributed by atoms with Crippen molar-refractivity contribution in [2.45, 2.75) is 59.1 Å². The Kier molecular flexibility index (Phi) is 6.32. The van der Waals surface area contributed by atoms with Gasteiger partial charge < -0.3 is 14.8 Å². The van der Waals surface area contributed by atoms with E-state index in [4.69, 9.17) is 9.47 Å². The largest absolute Gasteiger partial charge is 0.493 e. The van der Waals surface area contributed by atoms with Crippen molar-refractivity contribution in [2.24, 2.45) is 17.3 Å². The number of carbonyl (C=O) groups excluding carboxylic acids is 1. The Bertz CT molecular complexity index is 1020. The summed E-state index contributed by atoms with van der Waals surface area (Å²) in [4.78, 5) is 15.3. The minimum atomic E-state index is -0.272. The molecule has 2 aromatic rings. The van der Waals surface area contributed by atoms with Gasteiger partial charge in [0.05, 0.1) is 12.6 Å². The lowest BCUT2D eigenvalue weighted by atomic mass is 9.85. The normalized spacial score (nSPS) is 26.9. The molecule has 3 fully saturated rings. The lowest BCUT2D eigenvalue weighted by Crippen LogP contribution is -2.53. The summed E-state index contributed by atoms with van der Waals surface area (Å²) in [6.45, 7) is 12.7. The summed E-state index contributed by atoms with van der Waals surface area (Å²) >= 11 is 0. The number of benzene rings is 2. The van der Waals surface area contributed by atoms with Crippen LogP contribution in [0.15, 0.2) is 42.5 Å². The maximum atomic E-state index is 12.9. The van der Waals surface area contributed by atoms with Gasteiger partial charge in [0.1, 0.15) is 11.9 Å². The molecule has 0 aromatic heterocycles. The maximum Gasteiger partial charge on any atom is 0.407 e. The molecule has 2 aromatic carbocycles. The third kappa shape index (κ3) is 4.81. The second-order valence-corrected chi connectivity index (χ2v) is 11.5. The quantitative estimate of drug-likeness (QED) is 0.587. The van der Waals surface area contributed by atoms with E-state index in [-0.39, 0.29) is 23.7 Å². The van der Waals surface area contributed by atoms with Gasteiger partial charge in [0.15, 0.2) is 0 Å². The van der Waals surface area contributed by atoms with Crippen molar-refractivity contribution in [1.82, 2.24) is 10.2 Å². The molecule has 0 radical (unpaired) electrons. The van der Waals surface area contributed by atoms with Crippen LogP contribution in [0, 0.1) is 17.3 Å². The van der Waals surface area contributed by atoms with Crippen molar-refractivity contribution in [3.05, 3.63) is 53.6 Å². The first-order valence-corrected chi connectivity index (χ1v) is 12.8. The van der Waals surface area contributed by atoms with Gasteiger partial charge in [-0.1, -0.05) is 58.0 Å². The van der Waals surface area contributed by atoms with Crippen LogP contribution < -0.4 is 10.1 Å². The van der Waals surface area contributed by atoms with Gasteiger partial charge in [0, 0.05) is 6.54 Å². The number of rotatable bonds is 6. The number of nitrogens with one attached hydrogen (secondary N) is 1. The number of hydrogen-bond acceptors (Lipinski definition) is 4. The zero-order valence-electron chi connectivity index (χ0n) is 21.0. The molecule has 5 heteroatoms. The number of amides is 1. The monoisotopic (exact) mass is 462 g/mol. The Morgan fingerprint density at radius 1 is 1.09 bits per heavy atom. The second-order valence-electron chi connectivity index (χ2n) is 11.5. The van der Waals surface area contributed by atoms with Gasteiger partial charge >= 0.3 is 6.09 Å². The molecule has 0 saturated carbocycles. The molecule has 182 valence electrons. The summed E-state index contributed by atoms with van der Waals surface area (Å²) < 4.78 is 11.8. The number of nitrogens with zero attached hydrogens (tertiary/aromatic N) is 1. The molecular weight excluding hydrogens is 424 g/mol. The topological polar surface area (TPSA) is 50.8 Å². The fraction of sp³-hybridized carbons (Fsp3) is 0.552. The van der Waals surface area contributed by atoms with Crippen molar-refractivity contribution in [1.29, 1.82) is 0 Å². The Labute approximate surface area is 203 Å². The van der Waals surface area contributed by atoms with Crippen LogP contribution in [0.3, 0.4) is 0 Å². The van der Waals surface area contributed by atoms with E-state index < -0.39 is 0 Å². The van der Waals surface area contributed by atoms with Crippen LogP contribution in [-0.4, -0.2) is 43.3 Å². The van der Waals surface area contributed by atoms with Crippen molar-refractivity contribution in [2.75, 3.05) is 26.2 Å². The fourth-order valence-corrected chi connectivity index (χ4v) is 5.85. The maximum absolute atomic E-state index is 12.9. The van der Waals surface area contributed by atoms with Gasteiger partial charge in [-0.05, 0) is 84.0 Å². The van der Waals surface area contributed by atoms with Crippen molar-refractivity contribution >= 4 is 6.09 Å². The van der Waals surface area contributed by atoms with Gasteiger partial charge in [-0.3, -0.25) is 4.90 Å². The molecule has 1 amide bonds. The SMILES string of the molecule is CC(C)COc1ccc(-c2ccc3c(c2)CC(C)(C)[C@H]3NC(=O)O[C@H]2CN3CCC2CC3)cc1. The van der Waals surface area contributed by atoms with Gasteiger partial charge in [-0.25, -0.2) is 4.79 Å².